The summed E-state index contributed by atoms with van der Waals surface area (Å²) in [5.74, 6) is 0.315. The second kappa shape index (κ2) is 5.35. The van der Waals surface area contributed by atoms with Crippen molar-refractivity contribution in [2.75, 3.05) is 0 Å². The van der Waals surface area contributed by atoms with Crippen molar-refractivity contribution in [3.8, 4) is 5.75 Å². The number of hydrogen-bond acceptors (Lipinski definition) is 3. The average molecular weight is 270 g/mol. The fourth-order valence-corrected chi connectivity index (χ4v) is 1.70. The molecule has 0 aliphatic carbocycles. The molecule has 1 aromatic heterocycles. The van der Waals surface area contributed by atoms with Crippen LogP contribution >= 0.6 is 11.6 Å². The molecule has 0 radical (unpaired) electrons. The number of ether oxygens (including phenoxy) is 1. The van der Waals surface area contributed by atoms with E-state index in [1.807, 2.05) is 13.8 Å². The Labute approximate surface area is 109 Å². The highest BCUT2D eigenvalue weighted by molar-refractivity contribution is 6.30. The van der Waals surface area contributed by atoms with Crippen LogP contribution in [0.25, 0.3) is 0 Å². The van der Waals surface area contributed by atoms with Crippen LogP contribution in [0.5, 0.6) is 5.75 Å². The van der Waals surface area contributed by atoms with Crippen molar-refractivity contribution < 1.29 is 9.13 Å². The molecule has 0 bridgehead atoms. The van der Waals surface area contributed by atoms with E-state index < -0.39 is 5.82 Å². The van der Waals surface area contributed by atoms with Gasteiger partial charge in [0.15, 0.2) is 17.4 Å². The SMILES string of the molecule is CC(C)n1ncnc1COc1ccc(Cl)cc1F. The minimum absolute atomic E-state index is 0.151. The van der Waals surface area contributed by atoms with Gasteiger partial charge in [0.25, 0.3) is 0 Å². The van der Waals surface area contributed by atoms with Crippen molar-refractivity contribution in [3.05, 3.63) is 41.2 Å². The van der Waals surface area contributed by atoms with Gasteiger partial charge in [0.1, 0.15) is 12.9 Å². The molecule has 18 heavy (non-hydrogen) atoms. The molecule has 0 amide bonds. The highest BCUT2D eigenvalue weighted by Crippen LogP contribution is 2.21. The second-order valence-corrected chi connectivity index (χ2v) is 4.51. The largest absolute Gasteiger partial charge is 0.483 e. The topological polar surface area (TPSA) is 39.9 Å². The summed E-state index contributed by atoms with van der Waals surface area (Å²) >= 11 is 5.66. The number of aromatic nitrogens is 3. The van der Waals surface area contributed by atoms with E-state index in [0.29, 0.717) is 10.8 Å². The maximum atomic E-state index is 13.5. The van der Waals surface area contributed by atoms with Crippen LogP contribution in [0.15, 0.2) is 24.5 Å². The maximum Gasteiger partial charge on any atom is 0.166 e. The summed E-state index contributed by atoms with van der Waals surface area (Å²) in [6, 6.07) is 4.46. The molecular formula is C12H13ClFN3O. The zero-order chi connectivity index (χ0) is 13.1. The summed E-state index contributed by atoms with van der Waals surface area (Å²) in [4.78, 5) is 4.08. The molecule has 0 spiro atoms. The Hall–Kier alpha value is -1.62. The summed E-state index contributed by atoms with van der Waals surface area (Å²) in [5.41, 5.74) is 0. The van der Waals surface area contributed by atoms with E-state index in [0.717, 1.165) is 0 Å². The molecule has 4 nitrogen and oxygen atoms in total. The van der Waals surface area contributed by atoms with Gasteiger partial charge < -0.3 is 4.74 Å². The molecule has 0 unspecified atom stereocenters. The lowest BCUT2D eigenvalue weighted by molar-refractivity contribution is 0.269. The monoisotopic (exact) mass is 269 g/mol. The van der Waals surface area contributed by atoms with E-state index in [1.165, 1.54) is 18.5 Å². The fraction of sp³-hybridized carbons (Fsp3) is 0.333. The molecule has 0 aliphatic rings. The van der Waals surface area contributed by atoms with E-state index in [-0.39, 0.29) is 18.4 Å². The standard InChI is InChI=1S/C12H13ClFN3O/c1-8(2)17-12(15-7-16-17)6-18-11-4-3-9(13)5-10(11)14/h3-5,7-8H,6H2,1-2H3. The molecule has 0 atom stereocenters. The van der Waals surface area contributed by atoms with Crippen molar-refractivity contribution in [1.29, 1.82) is 0 Å². The summed E-state index contributed by atoms with van der Waals surface area (Å²) in [6.07, 6.45) is 1.46. The smallest absolute Gasteiger partial charge is 0.166 e. The summed E-state index contributed by atoms with van der Waals surface area (Å²) in [5, 5.41) is 4.41. The van der Waals surface area contributed by atoms with E-state index in [2.05, 4.69) is 10.1 Å². The van der Waals surface area contributed by atoms with Gasteiger partial charge >= 0.3 is 0 Å². The third-order valence-electron chi connectivity index (χ3n) is 2.39. The molecule has 2 rings (SSSR count). The molecule has 2 aromatic rings. The van der Waals surface area contributed by atoms with Gasteiger partial charge in [-0.15, -0.1) is 0 Å². The number of halogens is 2. The number of hydrogen-bond donors (Lipinski definition) is 0. The highest BCUT2D eigenvalue weighted by Gasteiger charge is 2.10. The van der Waals surface area contributed by atoms with E-state index in [1.54, 1.807) is 10.7 Å². The van der Waals surface area contributed by atoms with Gasteiger partial charge in [-0.05, 0) is 32.0 Å². The Morgan fingerprint density at radius 1 is 1.44 bits per heavy atom. The lowest BCUT2D eigenvalue weighted by Crippen LogP contribution is -2.11. The van der Waals surface area contributed by atoms with E-state index in [4.69, 9.17) is 16.3 Å². The molecule has 0 fully saturated rings. The van der Waals surface area contributed by atoms with E-state index >= 15 is 0 Å². The Kier molecular flexibility index (Phi) is 3.81. The van der Waals surface area contributed by atoms with Gasteiger partial charge in [0.05, 0.1) is 0 Å². The van der Waals surface area contributed by atoms with Crippen molar-refractivity contribution in [1.82, 2.24) is 14.8 Å². The van der Waals surface area contributed by atoms with Crippen molar-refractivity contribution >= 4 is 11.6 Å². The summed E-state index contributed by atoms with van der Waals surface area (Å²) < 4.78 is 20.6. The zero-order valence-electron chi connectivity index (χ0n) is 10.1. The van der Waals surface area contributed by atoms with Crippen LogP contribution in [-0.2, 0) is 6.61 Å². The van der Waals surface area contributed by atoms with Gasteiger partial charge in [0, 0.05) is 11.1 Å². The average Bonchev–Trinajstić information content (AvgIpc) is 2.76. The van der Waals surface area contributed by atoms with Crippen molar-refractivity contribution in [3.63, 3.8) is 0 Å². The van der Waals surface area contributed by atoms with Crippen molar-refractivity contribution in [2.45, 2.75) is 26.5 Å². The van der Waals surface area contributed by atoms with Crippen LogP contribution in [0.2, 0.25) is 5.02 Å². The molecule has 1 heterocycles. The Morgan fingerprint density at radius 2 is 2.22 bits per heavy atom. The van der Waals surface area contributed by atoms with Crippen LogP contribution in [0.4, 0.5) is 4.39 Å². The quantitative estimate of drug-likeness (QED) is 0.855. The van der Waals surface area contributed by atoms with Gasteiger partial charge in [-0.1, -0.05) is 11.6 Å². The van der Waals surface area contributed by atoms with Crippen LogP contribution in [0, 0.1) is 5.82 Å². The van der Waals surface area contributed by atoms with Gasteiger partial charge in [-0.3, -0.25) is 0 Å². The Balaban J connectivity index is 2.09. The maximum absolute atomic E-state index is 13.5. The van der Waals surface area contributed by atoms with Crippen LogP contribution in [0.3, 0.4) is 0 Å². The molecule has 0 saturated heterocycles. The number of nitrogens with zero attached hydrogens (tertiary/aromatic N) is 3. The van der Waals surface area contributed by atoms with E-state index in [9.17, 15) is 4.39 Å². The number of rotatable bonds is 4. The Morgan fingerprint density at radius 3 is 2.89 bits per heavy atom. The fourth-order valence-electron chi connectivity index (χ4n) is 1.54. The predicted octanol–water partition coefficient (Wildman–Crippen LogP) is 3.23. The minimum atomic E-state index is -0.488. The van der Waals surface area contributed by atoms with Gasteiger partial charge in [-0.25, -0.2) is 14.1 Å². The molecule has 0 N–H and O–H groups in total. The molecule has 1 aromatic carbocycles. The van der Waals surface area contributed by atoms with Crippen LogP contribution in [-0.4, -0.2) is 14.8 Å². The zero-order valence-corrected chi connectivity index (χ0v) is 10.9. The molecular weight excluding hydrogens is 257 g/mol. The third-order valence-corrected chi connectivity index (χ3v) is 2.62. The third kappa shape index (κ3) is 2.79. The van der Waals surface area contributed by atoms with Crippen LogP contribution < -0.4 is 4.74 Å². The normalized spacial score (nSPS) is 10.9. The summed E-state index contributed by atoms with van der Waals surface area (Å²) in [7, 11) is 0. The lowest BCUT2D eigenvalue weighted by Gasteiger charge is -2.10. The first-order valence-electron chi connectivity index (χ1n) is 5.54. The minimum Gasteiger partial charge on any atom is -0.483 e. The molecule has 96 valence electrons. The first-order chi connectivity index (χ1) is 8.58. The molecule has 0 aliphatic heterocycles. The number of benzene rings is 1. The summed E-state index contributed by atoms with van der Waals surface area (Å²) in [6.45, 7) is 4.14. The first-order valence-corrected chi connectivity index (χ1v) is 5.92. The Bertz CT molecular complexity index is 542. The van der Waals surface area contributed by atoms with Crippen LogP contribution in [0.1, 0.15) is 25.7 Å². The highest BCUT2D eigenvalue weighted by atomic mass is 35.5. The second-order valence-electron chi connectivity index (χ2n) is 4.08. The van der Waals surface area contributed by atoms with Gasteiger partial charge in [-0.2, -0.15) is 5.10 Å². The predicted molar refractivity (Wildman–Crippen MR) is 66.1 cm³/mol. The first kappa shape index (κ1) is 12.8. The molecule has 6 heteroatoms. The lowest BCUT2D eigenvalue weighted by atomic mass is 10.3. The van der Waals surface area contributed by atoms with Gasteiger partial charge in [0.2, 0.25) is 0 Å². The molecule has 0 saturated carbocycles. The van der Waals surface area contributed by atoms with Crippen molar-refractivity contribution in [2.24, 2.45) is 0 Å².